The maximum atomic E-state index is 9.95. The summed E-state index contributed by atoms with van der Waals surface area (Å²) in [6.45, 7) is 2.28. The summed E-state index contributed by atoms with van der Waals surface area (Å²) < 4.78 is 10.0. The molecular weight excluding hydrogens is 218 g/mol. The molecule has 0 aliphatic carbocycles. The molecule has 0 bridgehead atoms. The first-order chi connectivity index (χ1) is 8.29. The molecule has 0 aromatic carbocycles. The SMILES string of the molecule is Cc1cc(-c2ccc(/C=C/OC=O)o2)ccn1. The Morgan fingerprint density at radius 2 is 2.24 bits per heavy atom. The zero-order valence-corrected chi connectivity index (χ0v) is 9.29. The van der Waals surface area contributed by atoms with Crippen LogP contribution in [0.2, 0.25) is 0 Å². The van der Waals surface area contributed by atoms with Crippen molar-refractivity contribution >= 4 is 12.5 Å². The van der Waals surface area contributed by atoms with Crippen LogP contribution in [0.25, 0.3) is 17.4 Å². The molecule has 0 aliphatic rings. The van der Waals surface area contributed by atoms with E-state index in [9.17, 15) is 4.79 Å². The van der Waals surface area contributed by atoms with E-state index in [2.05, 4.69) is 9.72 Å². The molecule has 0 atom stereocenters. The van der Waals surface area contributed by atoms with E-state index in [1.807, 2.05) is 25.1 Å². The van der Waals surface area contributed by atoms with Crippen molar-refractivity contribution in [2.75, 3.05) is 0 Å². The Morgan fingerprint density at radius 1 is 1.35 bits per heavy atom. The Kier molecular flexibility index (Phi) is 3.35. The van der Waals surface area contributed by atoms with Crippen molar-refractivity contribution in [3.8, 4) is 11.3 Å². The van der Waals surface area contributed by atoms with Gasteiger partial charge in [0.2, 0.25) is 0 Å². The lowest BCUT2D eigenvalue weighted by molar-refractivity contribution is -0.123. The van der Waals surface area contributed by atoms with Gasteiger partial charge in [-0.2, -0.15) is 0 Å². The van der Waals surface area contributed by atoms with Crippen LogP contribution in [0.3, 0.4) is 0 Å². The van der Waals surface area contributed by atoms with Gasteiger partial charge in [-0.3, -0.25) is 9.78 Å². The van der Waals surface area contributed by atoms with E-state index in [1.54, 1.807) is 18.3 Å². The highest BCUT2D eigenvalue weighted by Gasteiger charge is 2.03. The summed E-state index contributed by atoms with van der Waals surface area (Å²) in [7, 11) is 0. The van der Waals surface area contributed by atoms with Crippen LogP contribution in [-0.4, -0.2) is 11.5 Å². The van der Waals surface area contributed by atoms with Gasteiger partial charge < -0.3 is 9.15 Å². The van der Waals surface area contributed by atoms with Crippen molar-refractivity contribution in [1.29, 1.82) is 0 Å². The summed E-state index contributed by atoms with van der Waals surface area (Å²) in [5, 5.41) is 0. The molecule has 17 heavy (non-hydrogen) atoms. The molecule has 0 aliphatic heterocycles. The number of pyridine rings is 1. The lowest BCUT2D eigenvalue weighted by Gasteiger charge is -1.97. The van der Waals surface area contributed by atoms with Gasteiger partial charge in [0.1, 0.15) is 11.5 Å². The molecule has 0 fully saturated rings. The van der Waals surface area contributed by atoms with Crippen molar-refractivity contribution in [3.63, 3.8) is 0 Å². The number of rotatable bonds is 4. The number of aromatic nitrogens is 1. The minimum Gasteiger partial charge on any atom is -0.457 e. The number of hydrogen-bond acceptors (Lipinski definition) is 4. The fraction of sp³-hybridized carbons (Fsp3) is 0.0769. The highest BCUT2D eigenvalue weighted by atomic mass is 16.5. The van der Waals surface area contributed by atoms with Crippen molar-refractivity contribution in [2.24, 2.45) is 0 Å². The maximum absolute atomic E-state index is 9.95. The van der Waals surface area contributed by atoms with Crippen molar-refractivity contribution < 1.29 is 13.9 Å². The number of nitrogens with zero attached hydrogens (tertiary/aromatic N) is 1. The van der Waals surface area contributed by atoms with Crippen molar-refractivity contribution in [3.05, 3.63) is 48.2 Å². The minimum atomic E-state index is 0.354. The largest absolute Gasteiger partial charge is 0.457 e. The molecule has 2 rings (SSSR count). The number of ether oxygens (including phenoxy) is 1. The van der Waals surface area contributed by atoms with Gasteiger partial charge in [-0.05, 0) is 31.2 Å². The van der Waals surface area contributed by atoms with Crippen LogP contribution in [0.1, 0.15) is 11.5 Å². The summed E-state index contributed by atoms with van der Waals surface area (Å²) >= 11 is 0. The Bertz CT molecular complexity index is 543. The lowest BCUT2D eigenvalue weighted by Crippen LogP contribution is -1.80. The van der Waals surface area contributed by atoms with E-state index in [0.29, 0.717) is 12.2 Å². The summed E-state index contributed by atoms with van der Waals surface area (Å²) in [6, 6.07) is 7.47. The summed E-state index contributed by atoms with van der Waals surface area (Å²) in [5.41, 5.74) is 1.90. The van der Waals surface area contributed by atoms with Crippen LogP contribution in [0, 0.1) is 6.92 Å². The second-order valence-corrected chi connectivity index (χ2v) is 3.42. The molecule has 0 saturated heterocycles. The van der Waals surface area contributed by atoms with Gasteiger partial charge in [-0.15, -0.1) is 0 Å². The van der Waals surface area contributed by atoms with Gasteiger partial charge >= 0.3 is 0 Å². The molecule has 0 amide bonds. The smallest absolute Gasteiger partial charge is 0.297 e. The molecule has 2 heterocycles. The number of carbonyl (C=O) groups excluding carboxylic acids is 1. The molecule has 0 radical (unpaired) electrons. The maximum Gasteiger partial charge on any atom is 0.297 e. The van der Waals surface area contributed by atoms with Gasteiger partial charge in [0, 0.05) is 23.5 Å². The van der Waals surface area contributed by atoms with E-state index >= 15 is 0 Å². The van der Waals surface area contributed by atoms with E-state index in [4.69, 9.17) is 4.42 Å². The van der Waals surface area contributed by atoms with Crippen molar-refractivity contribution in [1.82, 2.24) is 4.98 Å². The van der Waals surface area contributed by atoms with Crippen LogP contribution in [0.15, 0.2) is 41.1 Å². The fourth-order valence-corrected chi connectivity index (χ4v) is 1.43. The van der Waals surface area contributed by atoms with E-state index in [0.717, 1.165) is 17.0 Å². The molecular formula is C13H11NO3. The topological polar surface area (TPSA) is 52.3 Å². The molecule has 0 unspecified atom stereocenters. The lowest BCUT2D eigenvalue weighted by atomic mass is 10.2. The van der Waals surface area contributed by atoms with Crippen LogP contribution in [-0.2, 0) is 9.53 Å². The zero-order valence-electron chi connectivity index (χ0n) is 9.29. The van der Waals surface area contributed by atoms with Crippen LogP contribution in [0.4, 0.5) is 0 Å². The standard InChI is InChI=1S/C13H11NO3/c1-10-8-11(4-6-14-10)13-3-2-12(17-13)5-7-16-9-15/h2-9H,1H3/b7-5+. The third-order valence-corrected chi connectivity index (χ3v) is 2.17. The van der Waals surface area contributed by atoms with E-state index < -0.39 is 0 Å². The normalized spacial score (nSPS) is 10.6. The average molecular weight is 229 g/mol. The Labute approximate surface area is 98.5 Å². The van der Waals surface area contributed by atoms with Gasteiger partial charge in [0.15, 0.2) is 0 Å². The molecule has 0 saturated carbocycles. The third-order valence-electron chi connectivity index (χ3n) is 2.17. The Hall–Kier alpha value is -2.36. The van der Waals surface area contributed by atoms with Gasteiger partial charge in [-0.25, -0.2) is 0 Å². The highest BCUT2D eigenvalue weighted by molar-refractivity contribution is 5.59. The average Bonchev–Trinajstić information content (AvgIpc) is 2.78. The Balaban J connectivity index is 2.21. The molecule has 4 nitrogen and oxygen atoms in total. The Morgan fingerprint density at radius 3 is 3.00 bits per heavy atom. The molecule has 0 N–H and O–H groups in total. The number of hydrogen-bond donors (Lipinski definition) is 0. The predicted octanol–water partition coefficient (Wildman–Crippen LogP) is 2.79. The zero-order chi connectivity index (χ0) is 12.1. The molecule has 2 aromatic heterocycles. The third kappa shape index (κ3) is 2.81. The highest BCUT2D eigenvalue weighted by Crippen LogP contribution is 2.22. The van der Waals surface area contributed by atoms with Gasteiger partial charge in [0.05, 0.1) is 6.26 Å². The van der Waals surface area contributed by atoms with Crippen LogP contribution in [0.5, 0.6) is 0 Å². The first kappa shape index (κ1) is 11.1. The van der Waals surface area contributed by atoms with Crippen LogP contribution >= 0.6 is 0 Å². The summed E-state index contributed by atoms with van der Waals surface area (Å²) in [6.07, 6.45) is 4.58. The molecule has 86 valence electrons. The summed E-state index contributed by atoms with van der Waals surface area (Å²) in [5.74, 6) is 1.37. The van der Waals surface area contributed by atoms with Gasteiger partial charge in [-0.1, -0.05) is 0 Å². The quantitative estimate of drug-likeness (QED) is 0.597. The second-order valence-electron chi connectivity index (χ2n) is 3.42. The second kappa shape index (κ2) is 5.12. The predicted molar refractivity (Wildman–Crippen MR) is 62.9 cm³/mol. The number of aryl methyl sites for hydroxylation is 1. The van der Waals surface area contributed by atoms with Gasteiger partial charge in [0.25, 0.3) is 6.47 Å². The molecule has 0 spiro atoms. The number of carbonyl (C=O) groups is 1. The fourth-order valence-electron chi connectivity index (χ4n) is 1.43. The van der Waals surface area contributed by atoms with Crippen LogP contribution < -0.4 is 0 Å². The first-order valence-electron chi connectivity index (χ1n) is 5.08. The first-order valence-corrected chi connectivity index (χ1v) is 5.08. The molecule has 2 aromatic rings. The van der Waals surface area contributed by atoms with E-state index in [-0.39, 0.29) is 0 Å². The van der Waals surface area contributed by atoms with E-state index in [1.165, 1.54) is 6.26 Å². The monoisotopic (exact) mass is 229 g/mol. The summed E-state index contributed by atoms with van der Waals surface area (Å²) in [4.78, 5) is 14.1. The number of furan rings is 1. The molecule has 4 heteroatoms. The van der Waals surface area contributed by atoms with Crippen molar-refractivity contribution in [2.45, 2.75) is 6.92 Å². The minimum absolute atomic E-state index is 0.354.